The van der Waals surface area contributed by atoms with Crippen molar-refractivity contribution in [3.05, 3.63) is 12.2 Å². The molecule has 0 aromatic heterocycles. The summed E-state index contributed by atoms with van der Waals surface area (Å²) in [6.45, 7) is 2.76. The zero-order chi connectivity index (χ0) is 17.6. The largest absolute Gasteiger partial charge is 0.462 e. The summed E-state index contributed by atoms with van der Waals surface area (Å²) < 4.78 is 31.6. The highest BCUT2D eigenvalue weighted by molar-refractivity contribution is 5.72. The van der Waals surface area contributed by atoms with E-state index in [1.807, 2.05) is 6.08 Å². The van der Waals surface area contributed by atoms with Crippen LogP contribution in [0.1, 0.15) is 64.7 Å². The van der Waals surface area contributed by atoms with Crippen LogP contribution in [0, 0.1) is 11.8 Å². The summed E-state index contributed by atoms with van der Waals surface area (Å²) in [5.74, 6) is 0.444. The molecule has 3 fully saturated rings. The van der Waals surface area contributed by atoms with Crippen molar-refractivity contribution in [2.75, 3.05) is 6.61 Å². The lowest BCUT2D eigenvalue weighted by Gasteiger charge is -2.28. The van der Waals surface area contributed by atoms with Crippen LogP contribution in [0.15, 0.2) is 12.2 Å². The molecule has 0 amide bonds. The Balaban J connectivity index is 1.60. The smallest absolute Gasteiger partial charge is 0.306 e. The van der Waals surface area contributed by atoms with Gasteiger partial charge >= 0.3 is 5.97 Å². The van der Waals surface area contributed by atoms with E-state index in [2.05, 4.69) is 13.0 Å². The van der Waals surface area contributed by atoms with Crippen LogP contribution >= 0.6 is 0 Å². The lowest BCUT2D eigenvalue weighted by Crippen LogP contribution is -2.32. The molecule has 3 aliphatic rings. The van der Waals surface area contributed by atoms with Crippen LogP contribution in [0.3, 0.4) is 0 Å². The number of fused-ring (bicyclic) bond motifs is 1. The van der Waals surface area contributed by atoms with E-state index in [-0.39, 0.29) is 30.2 Å². The molecule has 2 aliphatic heterocycles. The van der Waals surface area contributed by atoms with Crippen LogP contribution in [0.25, 0.3) is 0 Å². The molecule has 25 heavy (non-hydrogen) atoms. The number of carbonyl (C=O) groups is 1. The second-order valence-corrected chi connectivity index (χ2v) is 7.58. The molecule has 2 heterocycles. The van der Waals surface area contributed by atoms with Crippen LogP contribution in [-0.4, -0.2) is 37.2 Å². The Morgan fingerprint density at radius 2 is 2.20 bits per heavy atom. The van der Waals surface area contributed by atoms with Crippen molar-refractivity contribution in [3.63, 3.8) is 0 Å². The summed E-state index contributed by atoms with van der Waals surface area (Å²) in [5, 5.41) is 0. The van der Waals surface area contributed by atoms with Gasteiger partial charge in [0, 0.05) is 12.5 Å². The second-order valence-electron chi connectivity index (χ2n) is 7.58. The van der Waals surface area contributed by atoms with E-state index in [1.54, 1.807) is 0 Å². The van der Waals surface area contributed by atoms with Gasteiger partial charge < -0.3 is 14.2 Å². The van der Waals surface area contributed by atoms with E-state index >= 15 is 0 Å². The van der Waals surface area contributed by atoms with E-state index in [0.29, 0.717) is 19.4 Å². The van der Waals surface area contributed by atoms with E-state index < -0.39 is 12.3 Å². The zero-order valence-corrected chi connectivity index (χ0v) is 15.2. The van der Waals surface area contributed by atoms with Crippen LogP contribution in [0.5, 0.6) is 0 Å². The Kier molecular flexibility index (Phi) is 6.88. The van der Waals surface area contributed by atoms with Gasteiger partial charge in [-0.1, -0.05) is 31.9 Å². The number of hydrogen-bond donors (Lipinski definition) is 0. The highest BCUT2D eigenvalue weighted by Crippen LogP contribution is 2.42. The van der Waals surface area contributed by atoms with Gasteiger partial charge in [0.25, 0.3) is 0 Å². The maximum Gasteiger partial charge on any atom is 0.306 e. The third kappa shape index (κ3) is 5.04. The summed E-state index contributed by atoms with van der Waals surface area (Å²) in [6.07, 6.45) is 9.84. The fraction of sp³-hybridized carbons (Fsp3) is 0.850. The highest BCUT2D eigenvalue weighted by Gasteiger charge is 2.43. The normalized spacial score (nSPS) is 34.9. The lowest BCUT2D eigenvalue weighted by atomic mass is 9.92. The van der Waals surface area contributed by atoms with Gasteiger partial charge in [-0.25, -0.2) is 4.39 Å². The van der Waals surface area contributed by atoms with Gasteiger partial charge in [0.15, 0.2) is 6.29 Å². The molecule has 0 aromatic rings. The molecule has 0 N–H and O–H groups in total. The maximum absolute atomic E-state index is 14.7. The number of hydrogen-bond acceptors (Lipinski definition) is 4. The Labute approximate surface area is 150 Å². The van der Waals surface area contributed by atoms with Gasteiger partial charge in [0.05, 0.1) is 6.42 Å². The van der Waals surface area contributed by atoms with Crippen molar-refractivity contribution < 1.29 is 23.4 Å². The number of alkyl halides is 1. The molecule has 6 atom stereocenters. The van der Waals surface area contributed by atoms with E-state index in [1.165, 1.54) is 0 Å². The summed E-state index contributed by atoms with van der Waals surface area (Å²) in [6, 6.07) is 0. The van der Waals surface area contributed by atoms with Crippen molar-refractivity contribution in [3.8, 4) is 0 Å². The number of halogens is 1. The monoisotopic (exact) mass is 354 g/mol. The molecule has 3 rings (SSSR count). The molecule has 0 aromatic carbocycles. The van der Waals surface area contributed by atoms with Gasteiger partial charge in [-0.3, -0.25) is 4.79 Å². The van der Waals surface area contributed by atoms with Gasteiger partial charge in [0.2, 0.25) is 0 Å². The first kappa shape index (κ1) is 18.8. The molecule has 1 saturated carbocycles. The lowest BCUT2D eigenvalue weighted by molar-refractivity contribution is -0.189. The van der Waals surface area contributed by atoms with Crippen molar-refractivity contribution in [1.29, 1.82) is 0 Å². The molecule has 0 bridgehead atoms. The number of esters is 1. The minimum absolute atomic E-state index is 0.0597. The third-order valence-corrected chi connectivity index (χ3v) is 5.68. The van der Waals surface area contributed by atoms with Gasteiger partial charge in [0.1, 0.15) is 18.4 Å². The molecule has 142 valence electrons. The van der Waals surface area contributed by atoms with Crippen molar-refractivity contribution in [2.24, 2.45) is 11.8 Å². The van der Waals surface area contributed by atoms with Crippen molar-refractivity contribution in [2.45, 2.75) is 89.4 Å². The molecular weight excluding hydrogens is 323 g/mol. The first-order valence-corrected chi connectivity index (χ1v) is 9.96. The van der Waals surface area contributed by atoms with Gasteiger partial charge in [-0.2, -0.15) is 0 Å². The summed E-state index contributed by atoms with van der Waals surface area (Å²) in [7, 11) is 0. The topological polar surface area (TPSA) is 44.8 Å². The zero-order valence-electron chi connectivity index (χ0n) is 15.2. The molecule has 4 nitrogen and oxygen atoms in total. The van der Waals surface area contributed by atoms with E-state index in [0.717, 1.165) is 44.9 Å². The highest BCUT2D eigenvalue weighted by atomic mass is 19.1. The predicted molar refractivity (Wildman–Crippen MR) is 92.7 cm³/mol. The molecule has 0 spiro atoms. The molecule has 2 saturated heterocycles. The summed E-state index contributed by atoms with van der Waals surface area (Å²) >= 11 is 0. The molecule has 1 aliphatic carbocycles. The minimum Gasteiger partial charge on any atom is -0.462 e. The fourth-order valence-corrected chi connectivity index (χ4v) is 4.20. The van der Waals surface area contributed by atoms with Gasteiger partial charge in [-0.15, -0.1) is 0 Å². The molecular formula is C20H31FO4. The third-order valence-electron chi connectivity index (χ3n) is 5.68. The van der Waals surface area contributed by atoms with Crippen molar-refractivity contribution >= 4 is 5.97 Å². The Morgan fingerprint density at radius 3 is 2.96 bits per heavy atom. The Hall–Kier alpha value is -0.940. The first-order chi connectivity index (χ1) is 12.2. The number of allylic oxidation sites excluding steroid dienone is 1. The summed E-state index contributed by atoms with van der Waals surface area (Å²) in [5.41, 5.74) is 0. The van der Waals surface area contributed by atoms with E-state index in [4.69, 9.17) is 14.2 Å². The average Bonchev–Trinajstić information content (AvgIpc) is 3.16. The Morgan fingerprint density at radius 1 is 1.32 bits per heavy atom. The van der Waals surface area contributed by atoms with E-state index in [9.17, 15) is 9.18 Å². The molecule has 0 radical (unpaired) electrons. The minimum atomic E-state index is -1.01. The number of ether oxygens (including phenoxy) is 3. The standard InChI is InChI=1S/C20H31FO4/c1-2-3-6-16(21)18(25-20-7-4-5-12-23-20)11-9-14-8-10-17-15(14)13-19(22)24-17/h9,11,14-18,20H,2-8,10,12-13H2,1H3/t14-,15-,16-,17+,18-,20?/m1/s1. The second kappa shape index (κ2) is 9.13. The number of rotatable bonds is 8. The fourth-order valence-electron chi connectivity index (χ4n) is 4.20. The molecule has 1 unspecified atom stereocenters. The summed E-state index contributed by atoms with van der Waals surface area (Å²) in [4.78, 5) is 11.5. The SMILES string of the molecule is CCCC[C@@H](F)[C@@H](C=C[C@H]1CC[C@@H]2OC(=O)C[C@@H]21)OC1CCCCO1. The average molecular weight is 354 g/mol. The first-order valence-electron chi connectivity index (χ1n) is 9.96. The number of carbonyl (C=O) groups excluding carboxylic acids is 1. The van der Waals surface area contributed by atoms with Crippen LogP contribution in [0.4, 0.5) is 4.39 Å². The van der Waals surface area contributed by atoms with Crippen LogP contribution < -0.4 is 0 Å². The van der Waals surface area contributed by atoms with Crippen molar-refractivity contribution in [1.82, 2.24) is 0 Å². The van der Waals surface area contributed by atoms with Crippen LogP contribution in [0.2, 0.25) is 0 Å². The number of unbranched alkanes of at least 4 members (excludes halogenated alkanes) is 1. The predicted octanol–water partition coefficient (Wildman–Crippen LogP) is 4.32. The quantitative estimate of drug-likeness (QED) is 0.481. The van der Waals surface area contributed by atoms with Crippen LogP contribution in [-0.2, 0) is 19.0 Å². The van der Waals surface area contributed by atoms with Gasteiger partial charge in [-0.05, 0) is 44.4 Å². The Bertz CT molecular complexity index is 461. The molecule has 5 heteroatoms. The maximum atomic E-state index is 14.7.